The van der Waals surface area contributed by atoms with Gasteiger partial charge in [-0.05, 0) is 5.92 Å². The number of nitrogens with one attached hydrogen (secondary N) is 2. The number of isocyanates is 2. The van der Waals surface area contributed by atoms with E-state index in [1.54, 1.807) is 0 Å². The van der Waals surface area contributed by atoms with Gasteiger partial charge in [-0.1, -0.05) is 27.2 Å². The maximum Gasteiger partial charge on any atom is 0.231 e. The van der Waals surface area contributed by atoms with Gasteiger partial charge in [0.2, 0.25) is 12.2 Å². The van der Waals surface area contributed by atoms with Crippen molar-refractivity contribution in [2.75, 3.05) is 0 Å². The molecule has 0 radical (unpaired) electrons. The van der Waals surface area contributed by atoms with Crippen molar-refractivity contribution in [3.05, 3.63) is 0 Å². The third kappa shape index (κ3) is 693. The van der Waals surface area contributed by atoms with Gasteiger partial charge in [0.15, 0.2) is 0 Å². The lowest BCUT2D eigenvalue weighted by Crippen LogP contribution is -1.77. The van der Waals surface area contributed by atoms with E-state index in [1.807, 2.05) is 0 Å². The largest absolute Gasteiger partial charge is 0.231 e. The minimum absolute atomic E-state index is 0.750. The molecule has 0 fully saturated rings. The van der Waals surface area contributed by atoms with Crippen LogP contribution in [-0.2, 0) is 9.59 Å². The van der Waals surface area contributed by atoms with Gasteiger partial charge >= 0.3 is 0 Å². The molecule has 0 rings (SSSR count). The zero-order valence-corrected chi connectivity index (χ0v) is 7.10. The van der Waals surface area contributed by atoms with Crippen molar-refractivity contribution in [2.45, 2.75) is 27.2 Å². The fraction of sp³-hybridized carbons (Fsp3) is 0.714. The normalized spacial score (nSPS) is 5.82. The Kier molecular flexibility index (Phi) is 34.7. The Hall–Kier alpha value is -1.24. The van der Waals surface area contributed by atoms with E-state index >= 15 is 0 Å². The standard InChI is InChI=1S/C5H12.2CHNO/c1-4-5(2)3;2*2-1-3/h5H,4H2,1-3H3;2*2H. The molecule has 0 atom stereocenters. The fourth-order valence-electron chi connectivity index (χ4n) is 0. The minimum Gasteiger partial charge on any atom is -0.222 e. The Labute approximate surface area is 66.6 Å². The molecule has 0 aromatic carbocycles. The predicted molar refractivity (Wildman–Crippen MR) is 42.0 cm³/mol. The first kappa shape index (κ1) is 16.4. The maximum absolute atomic E-state index is 8.35. The van der Waals surface area contributed by atoms with Crippen molar-refractivity contribution in [3.63, 3.8) is 0 Å². The van der Waals surface area contributed by atoms with Crippen LogP contribution in [0, 0.1) is 16.7 Å². The molecule has 0 unspecified atom stereocenters. The average molecular weight is 158 g/mol. The number of hydrogen-bond acceptors (Lipinski definition) is 4. The van der Waals surface area contributed by atoms with Crippen molar-refractivity contribution in [2.24, 2.45) is 5.92 Å². The molecule has 0 aliphatic rings. The predicted octanol–water partition coefficient (Wildman–Crippen LogP) is 1.85. The number of hydrogen-bond donors (Lipinski definition) is 2. The Balaban J connectivity index is -0.0000000933. The maximum atomic E-state index is 8.35. The van der Waals surface area contributed by atoms with Gasteiger partial charge in [0.25, 0.3) is 0 Å². The Morgan fingerprint density at radius 2 is 1.27 bits per heavy atom. The lowest BCUT2D eigenvalue weighted by Gasteiger charge is -1.90. The van der Waals surface area contributed by atoms with E-state index in [2.05, 4.69) is 20.8 Å². The molecule has 0 saturated heterocycles. The molecule has 4 heteroatoms. The molecule has 2 N–H and O–H groups in total. The van der Waals surface area contributed by atoms with Gasteiger partial charge in [0, 0.05) is 0 Å². The third-order valence-corrected chi connectivity index (χ3v) is 0.816. The molecule has 0 aromatic rings. The van der Waals surface area contributed by atoms with Crippen LogP contribution in [0.1, 0.15) is 27.2 Å². The van der Waals surface area contributed by atoms with Crippen molar-refractivity contribution in [1.29, 1.82) is 10.8 Å². The van der Waals surface area contributed by atoms with E-state index in [4.69, 9.17) is 20.4 Å². The first-order valence-electron chi connectivity index (χ1n) is 3.18. The van der Waals surface area contributed by atoms with E-state index in [0.717, 1.165) is 18.1 Å². The molecule has 64 valence electrons. The van der Waals surface area contributed by atoms with Crippen molar-refractivity contribution in [3.8, 4) is 0 Å². The summed E-state index contributed by atoms with van der Waals surface area (Å²) in [5, 5.41) is 10.8. The summed E-state index contributed by atoms with van der Waals surface area (Å²) in [4.78, 5) is 16.7. The molecular weight excluding hydrogens is 144 g/mol. The summed E-state index contributed by atoms with van der Waals surface area (Å²) in [5.74, 6) is 0.884. The first-order chi connectivity index (χ1) is 5.10. The van der Waals surface area contributed by atoms with Crippen molar-refractivity contribution >= 4 is 12.2 Å². The van der Waals surface area contributed by atoms with Crippen LogP contribution in [0.3, 0.4) is 0 Å². The SMILES string of the molecule is CCC(C)C.N=C=O.N=C=O. The molecule has 0 heterocycles. The highest BCUT2D eigenvalue weighted by Gasteiger charge is 1.80. The second-order valence-corrected chi connectivity index (χ2v) is 2.01. The highest BCUT2D eigenvalue weighted by molar-refractivity contribution is 5.26. The lowest BCUT2D eigenvalue weighted by atomic mass is 10.2. The van der Waals surface area contributed by atoms with Gasteiger partial charge in [-0.2, -0.15) is 0 Å². The monoisotopic (exact) mass is 158 g/mol. The average Bonchev–Trinajstić information content (AvgIpc) is 1.91. The van der Waals surface area contributed by atoms with Crippen LogP contribution >= 0.6 is 0 Å². The molecular formula is C7H14N2O2. The number of rotatable bonds is 1. The quantitative estimate of drug-likeness (QED) is 0.451. The number of carbonyl (C=O) groups excluding carboxylic acids is 2. The lowest BCUT2D eigenvalue weighted by molar-refractivity contribution is 0.562. The Morgan fingerprint density at radius 1 is 1.18 bits per heavy atom. The van der Waals surface area contributed by atoms with Crippen LogP contribution in [0.2, 0.25) is 0 Å². The zero-order chi connectivity index (χ0) is 9.70. The van der Waals surface area contributed by atoms with E-state index in [1.165, 1.54) is 6.42 Å². The summed E-state index contributed by atoms with van der Waals surface area (Å²) in [7, 11) is 0. The highest BCUT2D eigenvalue weighted by Crippen LogP contribution is 1.93. The topological polar surface area (TPSA) is 81.8 Å². The molecule has 0 aliphatic carbocycles. The van der Waals surface area contributed by atoms with Crippen LogP contribution in [0.15, 0.2) is 0 Å². The first-order valence-corrected chi connectivity index (χ1v) is 3.18. The Morgan fingerprint density at radius 3 is 1.27 bits per heavy atom. The van der Waals surface area contributed by atoms with E-state index in [0.29, 0.717) is 0 Å². The molecule has 0 amide bonds. The van der Waals surface area contributed by atoms with Gasteiger partial charge in [-0.15, -0.1) is 0 Å². The zero-order valence-electron chi connectivity index (χ0n) is 7.10. The molecule has 4 nitrogen and oxygen atoms in total. The summed E-state index contributed by atoms with van der Waals surface area (Å²) >= 11 is 0. The van der Waals surface area contributed by atoms with Gasteiger partial charge in [-0.3, -0.25) is 0 Å². The highest BCUT2D eigenvalue weighted by atomic mass is 16.1. The van der Waals surface area contributed by atoms with Crippen molar-refractivity contribution < 1.29 is 9.59 Å². The second kappa shape index (κ2) is 23.3. The molecule has 0 saturated carbocycles. The van der Waals surface area contributed by atoms with Gasteiger partial charge in [0.1, 0.15) is 0 Å². The fourth-order valence-corrected chi connectivity index (χ4v) is 0. The van der Waals surface area contributed by atoms with Crippen LogP contribution in [0.25, 0.3) is 0 Å². The Bertz CT molecular complexity index is 108. The molecule has 0 aliphatic heterocycles. The molecule has 0 aromatic heterocycles. The van der Waals surface area contributed by atoms with E-state index < -0.39 is 0 Å². The van der Waals surface area contributed by atoms with E-state index in [-0.39, 0.29) is 0 Å². The van der Waals surface area contributed by atoms with Crippen molar-refractivity contribution in [1.82, 2.24) is 0 Å². The minimum atomic E-state index is 0.750. The third-order valence-electron chi connectivity index (χ3n) is 0.816. The summed E-state index contributed by atoms with van der Waals surface area (Å²) in [6.07, 6.45) is 2.81. The van der Waals surface area contributed by atoms with Gasteiger partial charge in [-0.25, -0.2) is 20.4 Å². The second-order valence-electron chi connectivity index (χ2n) is 2.01. The summed E-state index contributed by atoms with van der Waals surface area (Å²) < 4.78 is 0. The van der Waals surface area contributed by atoms with Crippen LogP contribution in [-0.4, -0.2) is 12.2 Å². The van der Waals surface area contributed by atoms with Gasteiger partial charge < -0.3 is 0 Å². The molecule has 11 heavy (non-hydrogen) atoms. The van der Waals surface area contributed by atoms with Crippen LogP contribution < -0.4 is 0 Å². The summed E-state index contributed by atoms with van der Waals surface area (Å²) in [5.41, 5.74) is 0. The molecule has 0 spiro atoms. The molecule has 0 bridgehead atoms. The summed E-state index contributed by atoms with van der Waals surface area (Å²) in [6, 6.07) is 0. The van der Waals surface area contributed by atoms with Gasteiger partial charge in [0.05, 0.1) is 0 Å². The van der Waals surface area contributed by atoms with Crippen LogP contribution in [0.5, 0.6) is 0 Å². The smallest absolute Gasteiger partial charge is 0.222 e. The van der Waals surface area contributed by atoms with Crippen LogP contribution in [0.4, 0.5) is 0 Å². The summed E-state index contributed by atoms with van der Waals surface area (Å²) in [6.45, 7) is 6.64. The van der Waals surface area contributed by atoms with E-state index in [9.17, 15) is 0 Å².